The van der Waals surface area contributed by atoms with Crippen LogP contribution in [0.2, 0.25) is 0 Å². The number of benzene rings is 2. The van der Waals surface area contributed by atoms with Crippen molar-refractivity contribution in [1.29, 1.82) is 0 Å². The topological polar surface area (TPSA) is 98.9 Å². The van der Waals surface area contributed by atoms with E-state index < -0.39 is 18.4 Å². The van der Waals surface area contributed by atoms with E-state index in [0.717, 1.165) is 6.07 Å². The van der Waals surface area contributed by atoms with Crippen molar-refractivity contribution in [2.75, 3.05) is 0 Å². The predicted octanol–water partition coefficient (Wildman–Crippen LogP) is 3.15. The summed E-state index contributed by atoms with van der Waals surface area (Å²) in [7, 11) is -4.51. The number of nitro groups is 1. The fraction of sp³-hybridized carbons (Fsp3) is 0. The van der Waals surface area contributed by atoms with Crippen LogP contribution in [0.1, 0.15) is 0 Å². The Morgan fingerprint density at radius 1 is 1.00 bits per heavy atom. The second-order valence-electron chi connectivity index (χ2n) is 3.69. The van der Waals surface area contributed by atoms with Gasteiger partial charge in [-0.15, -0.1) is 0 Å². The van der Waals surface area contributed by atoms with Crippen LogP contribution in [0.25, 0.3) is 0 Å². The van der Waals surface area contributed by atoms with Crippen LogP contribution in [0, 0.1) is 10.1 Å². The lowest BCUT2D eigenvalue weighted by Crippen LogP contribution is -2.01. The molecule has 2 aromatic carbocycles. The van der Waals surface area contributed by atoms with Crippen molar-refractivity contribution in [3.63, 3.8) is 0 Å². The zero-order valence-corrected chi connectivity index (χ0v) is 11.0. The molecule has 1 atom stereocenters. The maximum absolute atomic E-state index is 11.8. The number of hydrogen-bond acceptors (Lipinski definition) is 5. The highest BCUT2D eigenvalue weighted by atomic mass is 31.2. The third-order valence-electron chi connectivity index (χ3n) is 2.24. The lowest BCUT2D eigenvalue weighted by Gasteiger charge is -2.13. The SMILES string of the molecule is O=[N+]([O-])c1ccccc1OP(=O)(O)Oc1ccccc1. The average molecular weight is 295 g/mol. The summed E-state index contributed by atoms with van der Waals surface area (Å²) in [5.41, 5.74) is -0.418. The molecule has 104 valence electrons. The molecule has 0 radical (unpaired) electrons. The Bertz CT molecular complexity index is 660. The number of nitro benzene ring substituents is 1. The first kappa shape index (κ1) is 14.0. The molecular weight excluding hydrogens is 285 g/mol. The highest BCUT2D eigenvalue weighted by molar-refractivity contribution is 7.48. The Kier molecular flexibility index (Phi) is 4.02. The second-order valence-corrected chi connectivity index (χ2v) is 4.99. The Labute approximate surface area is 114 Å². The third-order valence-corrected chi connectivity index (χ3v) is 3.11. The minimum Gasteiger partial charge on any atom is -0.395 e. The summed E-state index contributed by atoms with van der Waals surface area (Å²) in [6, 6.07) is 13.1. The van der Waals surface area contributed by atoms with E-state index in [0.29, 0.717) is 0 Å². The van der Waals surface area contributed by atoms with Gasteiger partial charge in [-0.25, -0.2) is 4.57 Å². The van der Waals surface area contributed by atoms with Crippen LogP contribution in [0.5, 0.6) is 11.5 Å². The number of nitrogens with zero attached hydrogens (tertiary/aromatic N) is 1. The largest absolute Gasteiger partial charge is 0.585 e. The zero-order chi connectivity index (χ0) is 14.6. The Hall–Kier alpha value is -2.37. The van der Waals surface area contributed by atoms with Gasteiger partial charge in [-0.2, -0.15) is 0 Å². The quantitative estimate of drug-likeness (QED) is 0.516. The highest BCUT2D eigenvalue weighted by Gasteiger charge is 2.28. The molecule has 0 aromatic heterocycles. The molecule has 20 heavy (non-hydrogen) atoms. The van der Waals surface area contributed by atoms with Gasteiger partial charge in [0.2, 0.25) is 5.75 Å². The lowest BCUT2D eigenvalue weighted by atomic mass is 10.3. The van der Waals surface area contributed by atoms with Crippen molar-refractivity contribution < 1.29 is 23.4 Å². The third kappa shape index (κ3) is 3.57. The molecule has 0 saturated heterocycles. The summed E-state index contributed by atoms with van der Waals surface area (Å²) in [5, 5.41) is 10.8. The summed E-state index contributed by atoms with van der Waals surface area (Å²) >= 11 is 0. The summed E-state index contributed by atoms with van der Waals surface area (Å²) in [5.74, 6) is -0.212. The van der Waals surface area contributed by atoms with E-state index in [9.17, 15) is 19.6 Å². The van der Waals surface area contributed by atoms with Gasteiger partial charge < -0.3 is 9.05 Å². The predicted molar refractivity (Wildman–Crippen MR) is 70.6 cm³/mol. The van der Waals surface area contributed by atoms with Crippen LogP contribution in [0.3, 0.4) is 0 Å². The molecular formula is C12H10NO6P. The van der Waals surface area contributed by atoms with Crippen molar-refractivity contribution in [1.82, 2.24) is 0 Å². The van der Waals surface area contributed by atoms with Crippen molar-refractivity contribution in [2.45, 2.75) is 0 Å². The van der Waals surface area contributed by atoms with Gasteiger partial charge in [0.15, 0.2) is 0 Å². The molecule has 7 nitrogen and oxygen atoms in total. The van der Waals surface area contributed by atoms with Gasteiger partial charge in [0.1, 0.15) is 5.75 Å². The molecule has 0 fully saturated rings. The average Bonchev–Trinajstić information content (AvgIpc) is 2.39. The molecule has 0 saturated carbocycles. The van der Waals surface area contributed by atoms with E-state index in [4.69, 9.17) is 9.05 Å². The summed E-state index contributed by atoms with van der Waals surface area (Å²) in [4.78, 5) is 19.7. The monoisotopic (exact) mass is 295 g/mol. The van der Waals surface area contributed by atoms with E-state index in [2.05, 4.69) is 0 Å². The highest BCUT2D eigenvalue weighted by Crippen LogP contribution is 2.46. The number of hydrogen-bond donors (Lipinski definition) is 1. The fourth-order valence-corrected chi connectivity index (χ4v) is 2.27. The zero-order valence-electron chi connectivity index (χ0n) is 10.1. The first-order chi connectivity index (χ1) is 9.48. The number of para-hydroxylation sites is 3. The minimum atomic E-state index is -4.51. The fourth-order valence-electron chi connectivity index (χ4n) is 1.44. The first-order valence-electron chi connectivity index (χ1n) is 5.48. The smallest absolute Gasteiger partial charge is 0.395 e. The van der Waals surface area contributed by atoms with E-state index in [-0.39, 0.29) is 11.5 Å². The lowest BCUT2D eigenvalue weighted by molar-refractivity contribution is -0.385. The molecule has 1 N–H and O–H groups in total. The summed E-state index contributed by atoms with van der Waals surface area (Å²) in [6.07, 6.45) is 0. The van der Waals surface area contributed by atoms with Gasteiger partial charge in [-0.05, 0) is 18.2 Å². The number of phosphoric ester groups is 1. The summed E-state index contributed by atoms with van der Waals surface area (Å²) in [6.45, 7) is 0. The maximum Gasteiger partial charge on any atom is 0.585 e. The van der Waals surface area contributed by atoms with Crippen LogP contribution in [-0.2, 0) is 4.57 Å². The van der Waals surface area contributed by atoms with E-state index >= 15 is 0 Å². The molecule has 0 aliphatic heterocycles. The standard InChI is InChI=1S/C12H10NO6P/c14-13(15)11-8-4-5-9-12(11)19-20(16,17)18-10-6-2-1-3-7-10/h1-9H,(H,16,17). The van der Waals surface area contributed by atoms with Crippen molar-refractivity contribution in [3.8, 4) is 11.5 Å². The molecule has 0 bridgehead atoms. The van der Waals surface area contributed by atoms with Crippen LogP contribution >= 0.6 is 7.82 Å². The van der Waals surface area contributed by atoms with E-state index in [1.807, 2.05) is 0 Å². The van der Waals surface area contributed by atoms with Crippen molar-refractivity contribution in [3.05, 3.63) is 64.7 Å². The second kappa shape index (κ2) is 5.73. The van der Waals surface area contributed by atoms with Gasteiger partial charge >= 0.3 is 13.5 Å². The van der Waals surface area contributed by atoms with E-state index in [1.54, 1.807) is 18.2 Å². The van der Waals surface area contributed by atoms with Crippen LogP contribution < -0.4 is 9.05 Å². The van der Waals surface area contributed by atoms with Gasteiger partial charge in [-0.1, -0.05) is 30.3 Å². The normalized spacial score (nSPS) is 13.2. The molecule has 0 amide bonds. The Morgan fingerprint density at radius 2 is 1.60 bits per heavy atom. The Morgan fingerprint density at radius 3 is 2.25 bits per heavy atom. The van der Waals surface area contributed by atoms with Crippen molar-refractivity contribution >= 4 is 13.5 Å². The van der Waals surface area contributed by atoms with Crippen LogP contribution in [0.15, 0.2) is 54.6 Å². The van der Waals surface area contributed by atoms with Crippen LogP contribution in [-0.4, -0.2) is 9.82 Å². The number of rotatable bonds is 5. The Balaban J connectivity index is 2.20. The molecule has 0 heterocycles. The van der Waals surface area contributed by atoms with Gasteiger partial charge in [0, 0.05) is 6.07 Å². The molecule has 8 heteroatoms. The number of phosphoric acid groups is 1. The van der Waals surface area contributed by atoms with Gasteiger partial charge in [0.25, 0.3) is 0 Å². The first-order valence-corrected chi connectivity index (χ1v) is 6.98. The molecule has 2 aromatic rings. The minimum absolute atomic E-state index is 0.122. The molecule has 0 aliphatic carbocycles. The van der Waals surface area contributed by atoms with Gasteiger partial charge in [0.05, 0.1) is 4.92 Å². The molecule has 1 unspecified atom stereocenters. The van der Waals surface area contributed by atoms with Gasteiger partial charge in [-0.3, -0.25) is 15.0 Å². The maximum atomic E-state index is 11.8. The van der Waals surface area contributed by atoms with Crippen LogP contribution in [0.4, 0.5) is 5.69 Å². The molecule has 0 spiro atoms. The van der Waals surface area contributed by atoms with Crippen molar-refractivity contribution in [2.24, 2.45) is 0 Å². The molecule has 0 aliphatic rings. The molecule has 2 rings (SSSR count). The summed E-state index contributed by atoms with van der Waals surface area (Å²) < 4.78 is 21.4. The van der Waals surface area contributed by atoms with E-state index in [1.165, 1.54) is 30.3 Å².